The van der Waals surface area contributed by atoms with Gasteiger partial charge in [-0.15, -0.1) is 0 Å². The van der Waals surface area contributed by atoms with Crippen molar-refractivity contribution < 1.29 is 38.2 Å². The second-order valence-corrected chi connectivity index (χ2v) is 11.9. The van der Waals surface area contributed by atoms with E-state index in [0.29, 0.717) is 17.9 Å². The number of nitrogens with zero attached hydrogens (tertiary/aromatic N) is 1. The van der Waals surface area contributed by atoms with Crippen LogP contribution in [0.4, 0.5) is 8.78 Å². The Balaban J connectivity index is 1.50. The van der Waals surface area contributed by atoms with E-state index in [-0.39, 0.29) is 31.5 Å². The van der Waals surface area contributed by atoms with E-state index in [2.05, 4.69) is 0 Å². The van der Waals surface area contributed by atoms with Gasteiger partial charge in [0, 0.05) is 23.8 Å². The number of rotatable bonds is 6. The van der Waals surface area contributed by atoms with Gasteiger partial charge in [0.05, 0.1) is 12.6 Å². The predicted octanol–water partition coefficient (Wildman–Crippen LogP) is 3.50. The number of Topliss-reactive ketones (excluding diaryl/α,β-unsaturated/α-hetero) is 1. The van der Waals surface area contributed by atoms with Crippen LogP contribution in [0.2, 0.25) is 0 Å². The molecular formula is C28H35F2NO6. The maximum absolute atomic E-state index is 17.3. The summed E-state index contributed by atoms with van der Waals surface area (Å²) >= 11 is 0. The zero-order chi connectivity index (χ0) is 26.9. The van der Waals surface area contributed by atoms with Crippen molar-refractivity contribution in [1.29, 1.82) is 0 Å². The summed E-state index contributed by atoms with van der Waals surface area (Å²) in [5.41, 5.74) is -4.60. The topological polar surface area (TPSA) is 111 Å². The molecule has 3 N–H and O–H groups in total. The largest absolute Gasteiger partial charge is 0.465 e. The quantitative estimate of drug-likeness (QED) is 0.494. The van der Waals surface area contributed by atoms with E-state index in [1.54, 1.807) is 19.1 Å². The highest BCUT2D eigenvalue weighted by molar-refractivity contribution is 6.01. The van der Waals surface area contributed by atoms with Crippen molar-refractivity contribution in [3.8, 4) is 0 Å². The van der Waals surface area contributed by atoms with Gasteiger partial charge in [-0.05, 0) is 80.2 Å². The molecule has 0 radical (unpaired) electrons. The smallest absolute Gasteiger partial charge is 0.178 e. The fourth-order valence-electron chi connectivity index (χ4n) is 8.38. The first-order valence-corrected chi connectivity index (χ1v) is 12.9. The third-order valence-electron chi connectivity index (χ3n) is 9.88. The van der Waals surface area contributed by atoms with Crippen molar-refractivity contribution in [3.05, 3.63) is 47.5 Å². The average Bonchev–Trinajstić information content (AvgIpc) is 3.36. The summed E-state index contributed by atoms with van der Waals surface area (Å²) in [5, 5.41) is 33.0. The molecule has 0 aromatic carbocycles. The SMILES string of the molecule is Cc1ccc(CN(O)C[C@@H]2C[C@H]3[C@@H]4C[C@H](F)C5=CC(=O)C=C[C@]5(C)[C@@]4(F)[C@@H](O)C[C@]3(C)[C@H]2C(=O)CO)o1. The Morgan fingerprint density at radius 2 is 1.97 bits per heavy atom. The minimum Gasteiger partial charge on any atom is -0.465 e. The molecule has 1 aromatic rings. The second kappa shape index (κ2) is 8.93. The van der Waals surface area contributed by atoms with Crippen molar-refractivity contribution >= 4 is 11.6 Å². The van der Waals surface area contributed by atoms with Crippen LogP contribution in [0.25, 0.3) is 0 Å². The summed E-state index contributed by atoms with van der Waals surface area (Å²) in [7, 11) is 0. The highest BCUT2D eigenvalue weighted by atomic mass is 19.1. The maximum Gasteiger partial charge on any atom is 0.178 e. The van der Waals surface area contributed by atoms with Gasteiger partial charge < -0.3 is 19.8 Å². The minimum atomic E-state index is -2.24. The van der Waals surface area contributed by atoms with Crippen LogP contribution in [0.15, 0.2) is 40.4 Å². The average molecular weight is 520 g/mol. The van der Waals surface area contributed by atoms with Gasteiger partial charge in [0.15, 0.2) is 17.2 Å². The number of carbonyl (C=O) groups excluding carboxylic acids is 2. The lowest BCUT2D eigenvalue weighted by atomic mass is 9.45. The lowest BCUT2D eigenvalue weighted by Crippen LogP contribution is -2.68. The lowest BCUT2D eigenvalue weighted by molar-refractivity contribution is -0.202. The number of hydrogen-bond acceptors (Lipinski definition) is 7. The van der Waals surface area contributed by atoms with Crippen molar-refractivity contribution in [2.75, 3.05) is 13.2 Å². The van der Waals surface area contributed by atoms with Crippen LogP contribution in [0.1, 0.15) is 44.6 Å². The Morgan fingerprint density at radius 3 is 2.62 bits per heavy atom. The molecule has 202 valence electrons. The molecule has 0 aliphatic heterocycles. The second-order valence-electron chi connectivity index (χ2n) is 11.9. The van der Waals surface area contributed by atoms with Crippen LogP contribution in [-0.2, 0) is 16.1 Å². The van der Waals surface area contributed by atoms with Crippen LogP contribution in [0.5, 0.6) is 0 Å². The van der Waals surface area contributed by atoms with Crippen LogP contribution >= 0.6 is 0 Å². The van der Waals surface area contributed by atoms with Crippen molar-refractivity contribution in [2.24, 2.45) is 34.5 Å². The third-order valence-corrected chi connectivity index (χ3v) is 9.88. The lowest BCUT2D eigenvalue weighted by Gasteiger charge is -2.62. The standard InChI is InChI=1S/C28H35F2NO6/c1-15-4-5-18(37-15)13-31(36)12-16-8-19-20-10-22(29)21-9-17(33)6-7-27(21,3)28(20,30)24(35)11-26(19,2)25(16)23(34)14-32/h4-7,9,16,19-20,22,24-25,32,35-36H,8,10-14H2,1-3H3/t16-,19-,20-,22-,24-,25+,26-,27-,28-/m0/s1. The molecule has 0 unspecified atom stereocenters. The van der Waals surface area contributed by atoms with Gasteiger partial charge in [-0.1, -0.05) is 13.0 Å². The minimum absolute atomic E-state index is 0.0502. The molecule has 5 rings (SSSR count). The number of aryl methyl sites for hydroxylation is 1. The molecule has 3 fully saturated rings. The highest BCUT2D eigenvalue weighted by Gasteiger charge is 2.73. The molecule has 4 aliphatic rings. The number of fused-ring (bicyclic) bond motifs is 5. The molecule has 0 amide bonds. The van der Waals surface area contributed by atoms with Gasteiger partial charge in [-0.2, -0.15) is 5.06 Å². The maximum atomic E-state index is 17.3. The first kappa shape index (κ1) is 26.4. The zero-order valence-corrected chi connectivity index (χ0v) is 21.4. The third kappa shape index (κ3) is 3.80. The van der Waals surface area contributed by atoms with E-state index >= 15 is 8.78 Å². The molecule has 0 bridgehead atoms. The summed E-state index contributed by atoms with van der Waals surface area (Å²) in [6.45, 7) is 4.59. The van der Waals surface area contributed by atoms with Crippen molar-refractivity contribution in [2.45, 2.75) is 64.5 Å². The van der Waals surface area contributed by atoms with Gasteiger partial charge >= 0.3 is 0 Å². The molecule has 0 spiro atoms. The Morgan fingerprint density at radius 1 is 1.24 bits per heavy atom. The number of halogens is 2. The number of aliphatic hydroxyl groups is 2. The molecule has 9 heteroatoms. The molecule has 7 nitrogen and oxygen atoms in total. The number of alkyl halides is 2. The predicted molar refractivity (Wildman–Crippen MR) is 129 cm³/mol. The van der Waals surface area contributed by atoms with E-state index in [1.165, 1.54) is 19.1 Å². The fraction of sp³-hybridized carbons (Fsp3) is 0.643. The van der Waals surface area contributed by atoms with Crippen LogP contribution in [0.3, 0.4) is 0 Å². The number of carbonyl (C=O) groups is 2. The van der Waals surface area contributed by atoms with E-state index < -0.39 is 70.6 Å². The highest BCUT2D eigenvalue weighted by Crippen LogP contribution is 2.70. The van der Waals surface area contributed by atoms with Gasteiger partial charge in [-0.3, -0.25) is 9.59 Å². The number of hydroxylamine groups is 2. The van der Waals surface area contributed by atoms with Gasteiger partial charge in [-0.25, -0.2) is 8.78 Å². The first-order chi connectivity index (χ1) is 17.3. The fourth-order valence-corrected chi connectivity index (χ4v) is 8.38. The Labute approximate surface area is 214 Å². The Kier molecular flexibility index (Phi) is 6.38. The van der Waals surface area contributed by atoms with Gasteiger partial charge in [0.2, 0.25) is 0 Å². The van der Waals surface area contributed by atoms with Crippen LogP contribution < -0.4 is 0 Å². The molecule has 4 aliphatic carbocycles. The summed E-state index contributed by atoms with van der Waals surface area (Å²) in [6, 6.07) is 3.53. The molecule has 1 aromatic heterocycles. The van der Waals surface area contributed by atoms with E-state index in [0.717, 1.165) is 11.1 Å². The summed E-state index contributed by atoms with van der Waals surface area (Å²) in [6.07, 6.45) is 0.757. The summed E-state index contributed by atoms with van der Waals surface area (Å²) in [4.78, 5) is 25.1. The summed E-state index contributed by atoms with van der Waals surface area (Å²) < 4.78 is 38.4. The van der Waals surface area contributed by atoms with E-state index in [1.807, 2.05) is 6.92 Å². The monoisotopic (exact) mass is 519 g/mol. The number of aliphatic hydroxyl groups excluding tert-OH is 2. The number of allylic oxidation sites excluding steroid dienone is 4. The first-order valence-electron chi connectivity index (χ1n) is 12.9. The van der Waals surface area contributed by atoms with E-state index in [9.17, 15) is 25.0 Å². The zero-order valence-electron chi connectivity index (χ0n) is 21.4. The Hall–Kier alpha value is -2.20. The molecule has 37 heavy (non-hydrogen) atoms. The molecule has 9 atom stereocenters. The molecule has 3 saturated carbocycles. The number of hydrogen-bond donors (Lipinski definition) is 3. The molecule has 1 heterocycles. The number of furan rings is 1. The molecule has 0 saturated heterocycles. The van der Waals surface area contributed by atoms with Gasteiger partial charge in [0.25, 0.3) is 0 Å². The molecular weight excluding hydrogens is 484 g/mol. The summed E-state index contributed by atoms with van der Waals surface area (Å²) in [5.74, 6) is -2.19. The number of ketones is 2. The van der Waals surface area contributed by atoms with E-state index in [4.69, 9.17) is 4.42 Å². The Bertz CT molecular complexity index is 1160. The van der Waals surface area contributed by atoms with Crippen LogP contribution in [-0.4, -0.2) is 63.1 Å². The van der Waals surface area contributed by atoms with Crippen LogP contribution in [0, 0.1) is 41.4 Å². The normalized spacial score (nSPS) is 42.8. The van der Waals surface area contributed by atoms with Crippen molar-refractivity contribution in [1.82, 2.24) is 5.06 Å². The van der Waals surface area contributed by atoms with Gasteiger partial charge in [0.1, 0.15) is 24.3 Å². The van der Waals surface area contributed by atoms with Crippen molar-refractivity contribution in [3.63, 3.8) is 0 Å².